The molecule has 0 radical (unpaired) electrons. The summed E-state index contributed by atoms with van der Waals surface area (Å²) in [5.41, 5.74) is 0.933. The van der Waals surface area contributed by atoms with Crippen LogP contribution >= 0.6 is 0 Å². The third kappa shape index (κ3) is 3.97. The number of rotatable bonds is 5. The lowest BCUT2D eigenvalue weighted by Crippen LogP contribution is -2.21. The summed E-state index contributed by atoms with van der Waals surface area (Å²) in [5, 5.41) is 0.860. The molecule has 0 saturated carbocycles. The monoisotopic (exact) mass is 302 g/mol. The quantitative estimate of drug-likeness (QED) is 0.482. The van der Waals surface area contributed by atoms with Crippen LogP contribution in [0, 0.1) is 6.92 Å². The molecule has 0 aliphatic carbocycles. The van der Waals surface area contributed by atoms with Crippen molar-refractivity contribution in [2.75, 3.05) is 6.61 Å². The van der Waals surface area contributed by atoms with Crippen molar-refractivity contribution in [3.63, 3.8) is 0 Å². The van der Waals surface area contributed by atoms with Gasteiger partial charge in [-0.05, 0) is 38.5 Å². The largest absolute Gasteiger partial charge is 0.487 e. The lowest BCUT2D eigenvalue weighted by Gasteiger charge is -2.14. The number of aryl methyl sites for hydroxylation is 1. The fraction of sp³-hybridized carbons (Fsp3) is 0.294. The van der Waals surface area contributed by atoms with E-state index >= 15 is 0 Å². The first-order valence-corrected chi connectivity index (χ1v) is 7.00. The van der Waals surface area contributed by atoms with E-state index in [1.807, 2.05) is 13.0 Å². The molecule has 116 valence electrons. The van der Waals surface area contributed by atoms with Gasteiger partial charge in [0.25, 0.3) is 0 Å². The fourth-order valence-electron chi connectivity index (χ4n) is 2.03. The zero-order valence-corrected chi connectivity index (χ0v) is 12.8. The summed E-state index contributed by atoms with van der Waals surface area (Å²) in [5.74, 6) is 0.147. The van der Waals surface area contributed by atoms with Crippen molar-refractivity contribution in [1.29, 1.82) is 0 Å². The Morgan fingerprint density at radius 3 is 2.86 bits per heavy atom. The Kier molecular flexibility index (Phi) is 4.99. The molecule has 0 amide bonds. The van der Waals surface area contributed by atoms with Crippen LogP contribution in [0.25, 0.3) is 11.0 Å². The SMILES string of the molecule is CC=CC(=O)OCC(C)Oc1ccc2c(C)cc(=O)oc2c1. The van der Waals surface area contributed by atoms with Gasteiger partial charge in [-0.15, -0.1) is 0 Å². The molecule has 2 rings (SSSR count). The van der Waals surface area contributed by atoms with Gasteiger partial charge in [-0.3, -0.25) is 0 Å². The van der Waals surface area contributed by atoms with Crippen LogP contribution < -0.4 is 10.4 Å². The number of hydrogen-bond donors (Lipinski definition) is 0. The number of carbonyl (C=O) groups is 1. The molecule has 0 spiro atoms. The minimum absolute atomic E-state index is 0.138. The first kappa shape index (κ1) is 15.8. The highest BCUT2D eigenvalue weighted by Crippen LogP contribution is 2.22. The van der Waals surface area contributed by atoms with Crippen molar-refractivity contribution in [1.82, 2.24) is 0 Å². The molecule has 1 unspecified atom stereocenters. The maximum absolute atomic E-state index is 11.4. The first-order chi connectivity index (χ1) is 10.5. The summed E-state index contributed by atoms with van der Waals surface area (Å²) in [7, 11) is 0. The van der Waals surface area contributed by atoms with Crippen molar-refractivity contribution in [3.8, 4) is 5.75 Å². The molecule has 1 atom stereocenters. The zero-order chi connectivity index (χ0) is 16.1. The number of esters is 1. The van der Waals surface area contributed by atoms with E-state index in [1.54, 1.807) is 32.1 Å². The molecule has 1 heterocycles. The Hall–Kier alpha value is -2.56. The second-order valence-corrected chi connectivity index (χ2v) is 4.96. The Balaban J connectivity index is 2.08. The van der Waals surface area contributed by atoms with E-state index in [0.717, 1.165) is 10.9 Å². The molecule has 22 heavy (non-hydrogen) atoms. The van der Waals surface area contributed by atoms with Gasteiger partial charge in [0.05, 0.1) is 0 Å². The molecule has 0 aliphatic rings. The lowest BCUT2D eigenvalue weighted by atomic mass is 10.1. The van der Waals surface area contributed by atoms with Crippen LogP contribution in [0.5, 0.6) is 5.75 Å². The molecule has 1 aromatic heterocycles. The third-order valence-corrected chi connectivity index (χ3v) is 3.02. The maximum Gasteiger partial charge on any atom is 0.336 e. The van der Waals surface area contributed by atoms with Gasteiger partial charge in [-0.25, -0.2) is 9.59 Å². The van der Waals surface area contributed by atoms with E-state index in [9.17, 15) is 9.59 Å². The van der Waals surface area contributed by atoms with Crippen LogP contribution in [0.2, 0.25) is 0 Å². The second-order valence-electron chi connectivity index (χ2n) is 4.96. The van der Waals surface area contributed by atoms with Gasteiger partial charge < -0.3 is 13.9 Å². The van der Waals surface area contributed by atoms with E-state index in [1.165, 1.54) is 12.1 Å². The van der Waals surface area contributed by atoms with E-state index in [-0.39, 0.29) is 12.7 Å². The summed E-state index contributed by atoms with van der Waals surface area (Å²) < 4.78 is 15.9. The van der Waals surface area contributed by atoms with E-state index in [4.69, 9.17) is 13.9 Å². The standard InChI is InChI=1S/C17H18O5/c1-4-5-16(18)20-10-12(3)21-13-6-7-14-11(2)8-17(19)22-15(14)9-13/h4-9,12H,10H2,1-3H3. The predicted octanol–water partition coefficient (Wildman–Crippen LogP) is 2.99. The molecular formula is C17H18O5. The highest BCUT2D eigenvalue weighted by Gasteiger charge is 2.09. The smallest absolute Gasteiger partial charge is 0.336 e. The fourth-order valence-corrected chi connectivity index (χ4v) is 2.03. The Morgan fingerprint density at radius 1 is 1.36 bits per heavy atom. The minimum Gasteiger partial charge on any atom is -0.487 e. The molecule has 0 fully saturated rings. The molecule has 1 aromatic carbocycles. The molecule has 0 bridgehead atoms. The maximum atomic E-state index is 11.4. The summed E-state index contributed by atoms with van der Waals surface area (Å²) in [4.78, 5) is 22.6. The van der Waals surface area contributed by atoms with E-state index in [0.29, 0.717) is 11.3 Å². The van der Waals surface area contributed by atoms with Crippen LogP contribution in [0.1, 0.15) is 19.4 Å². The van der Waals surface area contributed by atoms with Gasteiger partial charge in [0.2, 0.25) is 0 Å². The van der Waals surface area contributed by atoms with Crippen molar-refractivity contribution in [2.24, 2.45) is 0 Å². The predicted molar refractivity (Wildman–Crippen MR) is 83.1 cm³/mol. The highest BCUT2D eigenvalue weighted by atomic mass is 16.6. The normalized spacial score (nSPS) is 12.5. The Morgan fingerprint density at radius 2 is 2.14 bits per heavy atom. The van der Waals surface area contributed by atoms with Crippen molar-refractivity contribution >= 4 is 16.9 Å². The van der Waals surface area contributed by atoms with Crippen LogP contribution in [-0.2, 0) is 9.53 Å². The molecule has 0 N–H and O–H groups in total. The molecule has 5 heteroatoms. The molecule has 0 aliphatic heterocycles. The molecule has 0 saturated heterocycles. The first-order valence-electron chi connectivity index (χ1n) is 7.00. The summed E-state index contributed by atoms with van der Waals surface area (Å²) in [6, 6.07) is 6.74. The molecule has 5 nitrogen and oxygen atoms in total. The Labute approximate surface area is 128 Å². The van der Waals surface area contributed by atoms with Crippen LogP contribution in [0.3, 0.4) is 0 Å². The van der Waals surface area contributed by atoms with Crippen LogP contribution in [0.15, 0.2) is 45.6 Å². The number of ether oxygens (including phenoxy) is 2. The average molecular weight is 302 g/mol. The summed E-state index contributed by atoms with van der Waals surface area (Å²) in [6.07, 6.45) is 2.64. The minimum atomic E-state index is -0.405. The van der Waals surface area contributed by atoms with Gasteiger partial charge >= 0.3 is 11.6 Å². The topological polar surface area (TPSA) is 65.7 Å². The van der Waals surface area contributed by atoms with Crippen molar-refractivity contribution < 1.29 is 18.7 Å². The molecule has 2 aromatic rings. The van der Waals surface area contributed by atoms with Crippen LogP contribution in [0.4, 0.5) is 0 Å². The van der Waals surface area contributed by atoms with Gasteiger partial charge in [0.15, 0.2) is 0 Å². The number of allylic oxidation sites excluding steroid dienone is 1. The van der Waals surface area contributed by atoms with Gasteiger partial charge in [0, 0.05) is 23.6 Å². The summed E-state index contributed by atoms with van der Waals surface area (Å²) >= 11 is 0. The van der Waals surface area contributed by atoms with Gasteiger partial charge in [0.1, 0.15) is 24.0 Å². The van der Waals surface area contributed by atoms with Crippen molar-refractivity contribution in [2.45, 2.75) is 26.9 Å². The van der Waals surface area contributed by atoms with E-state index < -0.39 is 11.6 Å². The van der Waals surface area contributed by atoms with Gasteiger partial charge in [-0.1, -0.05) is 6.08 Å². The lowest BCUT2D eigenvalue weighted by molar-refractivity contribution is -0.139. The highest BCUT2D eigenvalue weighted by molar-refractivity contribution is 5.82. The van der Waals surface area contributed by atoms with Crippen LogP contribution in [-0.4, -0.2) is 18.7 Å². The zero-order valence-electron chi connectivity index (χ0n) is 12.8. The Bertz CT molecular complexity index is 757. The summed E-state index contributed by atoms with van der Waals surface area (Å²) in [6.45, 7) is 5.52. The average Bonchev–Trinajstić information content (AvgIpc) is 2.45. The third-order valence-electron chi connectivity index (χ3n) is 3.02. The van der Waals surface area contributed by atoms with Gasteiger partial charge in [-0.2, -0.15) is 0 Å². The second kappa shape index (κ2) is 6.93. The van der Waals surface area contributed by atoms with Crippen molar-refractivity contribution in [3.05, 3.63) is 52.4 Å². The number of benzene rings is 1. The number of fused-ring (bicyclic) bond motifs is 1. The number of hydrogen-bond acceptors (Lipinski definition) is 5. The number of carbonyl (C=O) groups excluding carboxylic acids is 1. The van der Waals surface area contributed by atoms with E-state index in [2.05, 4.69) is 0 Å². The molecular weight excluding hydrogens is 284 g/mol.